The van der Waals surface area contributed by atoms with E-state index in [0.717, 1.165) is 44.4 Å². The molecule has 0 bridgehead atoms. The maximum atomic E-state index is 12.0. The Labute approximate surface area is 165 Å². The van der Waals surface area contributed by atoms with Gasteiger partial charge in [-0.1, -0.05) is 12.1 Å². The Morgan fingerprint density at radius 2 is 1.79 bits per heavy atom. The molecule has 1 heterocycles. The van der Waals surface area contributed by atoms with Crippen LogP contribution in [-0.4, -0.2) is 39.8 Å². The minimum Gasteiger partial charge on any atom is -0.497 e. The third kappa shape index (κ3) is 4.62. The topological polar surface area (TPSA) is 89.8 Å². The zero-order chi connectivity index (χ0) is 20.3. The molecule has 0 N–H and O–H groups in total. The van der Waals surface area contributed by atoms with Crippen molar-refractivity contribution in [1.82, 2.24) is 0 Å². The number of anilines is 1. The summed E-state index contributed by atoms with van der Waals surface area (Å²) in [4.78, 5) is 12.4. The van der Waals surface area contributed by atoms with Crippen molar-refractivity contribution in [3.05, 3.63) is 58.1 Å². The van der Waals surface area contributed by atoms with Crippen molar-refractivity contribution < 1.29 is 18.1 Å². The van der Waals surface area contributed by atoms with Gasteiger partial charge in [0, 0.05) is 31.1 Å². The molecule has 1 aliphatic heterocycles. The minimum absolute atomic E-state index is 0.227. The lowest BCUT2D eigenvalue weighted by Gasteiger charge is -2.34. The van der Waals surface area contributed by atoms with Crippen LogP contribution in [0.3, 0.4) is 0 Å². The molecule has 0 radical (unpaired) electrons. The SMILES string of the molecule is COc1ccc(CC2CCN(c3ccc([N+](=O)[O-])c(S(C)(=O)=O)c3)CC2)cc1. The van der Waals surface area contributed by atoms with Crippen LogP contribution in [0.5, 0.6) is 5.75 Å². The molecule has 8 heteroatoms. The summed E-state index contributed by atoms with van der Waals surface area (Å²) in [7, 11) is -2.02. The molecular formula is C20H24N2O5S. The fourth-order valence-electron chi connectivity index (χ4n) is 3.64. The third-order valence-electron chi connectivity index (χ3n) is 5.20. The molecule has 1 aliphatic rings. The van der Waals surface area contributed by atoms with Crippen molar-refractivity contribution in [3.8, 4) is 5.75 Å². The van der Waals surface area contributed by atoms with Crippen molar-refractivity contribution in [1.29, 1.82) is 0 Å². The van der Waals surface area contributed by atoms with Crippen LogP contribution in [0.25, 0.3) is 0 Å². The summed E-state index contributed by atoms with van der Waals surface area (Å²) in [6, 6.07) is 12.4. The average molecular weight is 404 g/mol. The number of benzene rings is 2. The Morgan fingerprint density at radius 3 is 2.32 bits per heavy atom. The molecule has 0 aliphatic carbocycles. The summed E-state index contributed by atoms with van der Waals surface area (Å²) < 4.78 is 29.1. The Balaban J connectivity index is 1.68. The van der Waals surface area contributed by atoms with E-state index in [1.54, 1.807) is 13.2 Å². The number of ether oxygens (including phenoxy) is 1. The van der Waals surface area contributed by atoms with E-state index in [1.807, 2.05) is 12.1 Å². The normalized spacial score (nSPS) is 15.4. The van der Waals surface area contributed by atoms with Gasteiger partial charge in [0.15, 0.2) is 9.84 Å². The highest BCUT2D eigenvalue weighted by molar-refractivity contribution is 7.90. The third-order valence-corrected chi connectivity index (χ3v) is 6.33. The summed E-state index contributed by atoms with van der Waals surface area (Å²) in [6.45, 7) is 1.59. The first-order chi connectivity index (χ1) is 13.3. The standard InChI is InChI=1S/C20H24N2O5S/c1-27-18-6-3-15(4-7-18)13-16-9-11-21(12-10-16)17-5-8-19(22(23)24)20(14-17)28(2,25)26/h3-8,14,16H,9-13H2,1-2H3. The molecule has 0 saturated carbocycles. The Kier molecular flexibility index (Phi) is 5.88. The number of nitro groups is 1. The van der Waals surface area contributed by atoms with Gasteiger partial charge in [0.05, 0.1) is 12.0 Å². The molecule has 3 rings (SSSR count). The summed E-state index contributed by atoms with van der Waals surface area (Å²) >= 11 is 0. The molecule has 1 saturated heterocycles. The smallest absolute Gasteiger partial charge is 0.288 e. The molecule has 0 spiro atoms. The molecule has 2 aromatic carbocycles. The first-order valence-corrected chi connectivity index (χ1v) is 11.0. The van der Waals surface area contributed by atoms with Gasteiger partial charge in [0.1, 0.15) is 10.6 Å². The zero-order valence-corrected chi connectivity index (χ0v) is 16.8. The van der Waals surface area contributed by atoms with Crippen LogP contribution in [0.15, 0.2) is 47.4 Å². The zero-order valence-electron chi connectivity index (χ0n) is 16.0. The quantitative estimate of drug-likeness (QED) is 0.541. The van der Waals surface area contributed by atoms with Crippen LogP contribution in [-0.2, 0) is 16.3 Å². The average Bonchev–Trinajstić information content (AvgIpc) is 2.68. The first-order valence-electron chi connectivity index (χ1n) is 9.14. The van der Waals surface area contributed by atoms with Crippen LogP contribution in [0.4, 0.5) is 11.4 Å². The van der Waals surface area contributed by atoms with Gasteiger partial charge in [-0.2, -0.15) is 0 Å². The molecule has 0 unspecified atom stereocenters. The van der Waals surface area contributed by atoms with Crippen molar-refractivity contribution in [3.63, 3.8) is 0 Å². The van der Waals surface area contributed by atoms with E-state index in [9.17, 15) is 18.5 Å². The monoisotopic (exact) mass is 404 g/mol. The Hall–Kier alpha value is -2.61. The predicted molar refractivity (Wildman–Crippen MR) is 108 cm³/mol. The van der Waals surface area contributed by atoms with Crippen LogP contribution in [0.2, 0.25) is 0 Å². The predicted octanol–water partition coefficient (Wildman–Crippen LogP) is 3.47. The Bertz CT molecular complexity index is 949. The van der Waals surface area contributed by atoms with Gasteiger partial charge in [-0.05, 0) is 55.0 Å². The van der Waals surface area contributed by atoms with E-state index < -0.39 is 14.8 Å². The molecule has 0 amide bonds. The lowest BCUT2D eigenvalue weighted by Crippen LogP contribution is -2.34. The number of hydrogen-bond donors (Lipinski definition) is 0. The number of nitro benzene ring substituents is 1. The highest BCUT2D eigenvalue weighted by atomic mass is 32.2. The lowest BCUT2D eigenvalue weighted by molar-refractivity contribution is -0.387. The van der Waals surface area contributed by atoms with Gasteiger partial charge in [-0.25, -0.2) is 8.42 Å². The van der Waals surface area contributed by atoms with Gasteiger partial charge < -0.3 is 9.64 Å². The molecule has 0 atom stereocenters. The van der Waals surface area contributed by atoms with E-state index in [0.29, 0.717) is 11.6 Å². The van der Waals surface area contributed by atoms with Gasteiger partial charge in [0.2, 0.25) is 0 Å². The van der Waals surface area contributed by atoms with Crippen molar-refractivity contribution in [2.75, 3.05) is 31.4 Å². The number of methoxy groups -OCH3 is 1. The second-order valence-corrected chi connectivity index (χ2v) is 9.15. The van der Waals surface area contributed by atoms with E-state index in [2.05, 4.69) is 17.0 Å². The van der Waals surface area contributed by atoms with Crippen LogP contribution >= 0.6 is 0 Å². The maximum absolute atomic E-state index is 12.0. The summed E-state index contributed by atoms with van der Waals surface area (Å²) in [6.07, 6.45) is 3.96. The fourth-order valence-corrected chi connectivity index (χ4v) is 4.49. The number of piperidine rings is 1. The number of sulfone groups is 1. The van der Waals surface area contributed by atoms with Gasteiger partial charge in [0.25, 0.3) is 5.69 Å². The lowest BCUT2D eigenvalue weighted by atomic mass is 9.90. The van der Waals surface area contributed by atoms with Gasteiger partial charge in [-0.3, -0.25) is 10.1 Å². The van der Waals surface area contributed by atoms with Crippen molar-refractivity contribution in [2.45, 2.75) is 24.2 Å². The minimum atomic E-state index is -3.68. The van der Waals surface area contributed by atoms with Crippen molar-refractivity contribution in [2.24, 2.45) is 5.92 Å². The first kappa shape index (κ1) is 20.1. The highest BCUT2D eigenvalue weighted by Gasteiger charge is 2.25. The summed E-state index contributed by atoms with van der Waals surface area (Å²) in [5.41, 5.74) is 1.61. The fraction of sp³-hybridized carbons (Fsp3) is 0.400. The Morgan fingerprint density at radius 1 is 1.14 bits per heavy atom. The summed E-state index contributed by atoms with van der Waals surface area (Å²) in [5, 5.41) is 11.1. The molecule has 1 fully saturated rings. The number of hydrogen-bond acceptors (Lipinski definition) is 6. The molecular weight excluding hydrogens is 380 g/mol. The van der Waals surface area contributed by atoms with Crippen LogP contribution in [0, 0.1) is 16.0 Å². The second kappa shape index (κ2) is 8.18. The van der Waals surface area contributed by atoms with E-state index in [1.165, 1.54) is 17.7 Å². The van der Waals surface area contributed by atoms with Crippen LogP contribution < -0.4 is 9.64 Å². The van der Waals surface area contributed by atoms with Gasteiger partial charge >= 0.3 is 0 Å². The largest absolute Gasteiger partial charge is 0.497 e. The molecule has 0 aromatic heterocycles. The molecule has 150 valence electrons. The van der Waals surface area contributed by atoms with E-state index >= 15 is 0 Å². The highest BCUT2D eigenvalue weighted by Crippen LogP contribution is 2.31. The number of nitrogens with zero attached hydrogens (tertiary/aromatic N) is 2. The van der Waals surface area contributed by atoms with E-state index in [4.69, 9.17) is 4.74 Å². The summed E-state index contributed by atoms with van der Waals surface area (Å²) in [5.74, 6) is 1.40. The second-order valence-electron chi connectivity index (χ2n) is 7.16. The van der Waals surface area contributed by atoms with Crippen molar-refractivity contribution >= 4 is 21.2 Å². The molecule has 28 heavy (non-hydrogen) atoms. The van der Waals surface area contributed by atoms with E-state index in [-0.39, 0.29) is 10.6 Å². The molecule has 7 nitrogen and oxygen atoms in total. The number of rotatable bonds is 6. The van der Waals surface area contributed by atoms with Crippen LogP contribution in [0.1, 0.15) is 18.4 Å². The van der Waals surface area contributed by atoms with Gasteiger partial charge in [-0.15, -0.1) is 0 Å². The maximum Gasteiger partial charge on any atom is 0.288 e. The molecule has 2 aromatic rings.